The van der Waals surface area contributed by atoms with Gasteiger partial charge in [0.2, 0.25) is 0 Å². The van der Waals surface area contributed by atoms with Crippen molar-refractivity contribution in [3.05, 3.63) is 28.8 Å². The molecule has 0 saturated heterocycles. The summed E-state index contributed by atoms with van der Waals surface area (Å²) in [5.74, 6) is -0.263. The summed E-state index contributed by atoms with van der Waals surface area (Å²) in [7, 11) is 0. The summed E-state index contributed by atoms with van der Waals surface area (Å²) in [6, 6.07) is 7.14. The molecule has 1 aromatic carbocycles. The molecule has 0 aromatic heterocycles. The molecule has 2 N–H and O–H groups in total. The zero-order valence-corrected chi connectivity index (χ0v) is 11.1. The van der Waals surface area contributed by atoms with Crippen molar-refractivity contribution >= 4 is 5.91 Å². The molecule has 98 valence electrons. The molecule has 0 fully saturated rings. The summed E-state index contributed by atoms with van der Waals surface area (Å²) >= 11 is 0. The number of ether oxygens (including phenoxy) is 1. The topological polar surface area (TPSA) is 99.9 Å². The Labute approximate surface area is 112 Å². The molecule has 5 heteroatoms. The molecule has 0 aliphatic heterocycles. The highest BCUT2D eigenvalue weighted by atomic mass is 16.5. The van der Waals surface area contributed by atoms with Gasteiger partial charge >= 0.3 is 0 Å². The zero-order valence-electron chi connectivity index (χ0n) is 11.1. The fraction of sp³-hybridized carbons (Fsp3) is 0.357. The van der Waals surface area contributed by atoms with Crippen LogP contribution in [0.4, 0.5) is 0 Å². The van der Waals surface area contributed by atoms with Crippen LogP contribution in [0, 0.1) is 22.7 Å². The first-order valence-corrected chi connectivity index (χ1v) is 5.84. The van der Waals surface area contributed by atoms with Gasteiger partial charge in [-0.2, -0.15) is 10.5 Å². The number of hydrogen-bond donors (Lipinski definition) is 1. The first kappa shape index (κ1) is 14.5. The van der Waals surface area contributed by atoms with Gasteiger partial charge in [0.1, 0.15) is 5.75 Å². The van der Waals surface area contributed by atoms with Crippen LogP contribution in [-0.2, 0) is 4.79 Å². The van der Waals surface area contributed by atoms with E-state index in [4.69, 9.17) is 21.0 Å². The van der Waals surface area contributed by atoms with E-state index in [2.05, 4.69) is 0 Å². The van der Waals surface area contributed by atoms with Gasteiger partial charge < -0.3 is 10.5 Å². The second-order valence-electron chi connectivity index (χ2n) is 4.47. The molecule has 1 unspecified atom stereocenters. The SMILES string of the molecule is CC(Oc1cc(C#N)c(C(C)C)c(C#N)c1)C(N)=O. The number of primary amides is 1. The van der Waals surface area contributed by atoms with Gasteiger partial charge in [-0.05, 0) is 30.5 Å². The molecule has 1 aromatic rings. The molecule has 0 bridgehead atoms. The summed E-state index contributed by atoms with van der Waals surface area (Å²) in [6.07, 6.45) is -0.817. The molecule has 0 spiro atoms. The van der Waals surface area contributed by atoms with E-state index >= 15 is 0 Å². The number of nitrogens with zero attached hydrogens (tertiary/aromatic N) is 2. The van der Waals surface area contributed by atoms with Crippen molar-refractivity contribution in [2.75, 3.05) is 0 Å². The van der Waals surface area contributed by atoms with Crippen LogP contribution in [-0.4, -0.2) is 12.0 Å². The Hall–Kier alpha value is -2.53. The van der Waals surface area contributed by atoms with Gasteiger partial charge in [-0.25, -0.2) is 0 Å². The number of rotatable bonds is 4. The van der Waals surface area contributed by atoms with Crippen molar-refractivity contribution in [1.82, 2.24) is 0 Å². The molecule has 0 saturated carbocycles. The van der Waals surface area contributed by atoms with Crippen LogP contribution in [0.15, 0.2) is 12.1 Å². The van der Waals surface area contributed by atoms with Crippen LogP contribution in [0.2, 0.25) is 0 Å². The predicted octanol–water partition coefficient (Wildman–Crippen LogP) is 1.81. The maximum atomic E-state index is 11.0. The van der Waals surface area contributed by atoms with Gasteiger partial charge in [-0.3, -0.25) is 4.79 Å². The van der Waals surface area contributed by atoms with Crippen molar-refractivity contribution in [3.8, 4) is 17.9 Å². The van der Waals surface area contributed by atoms with Gasteiger partial charge in [0.15, 0.2) is 6.10 Å². The number of nitriles is 2. The lowest BCUT2D eigenvalue weighted by atomic mass is 9.92. The lowest BCUT2D eigenvalue weighted by Gasteiger charge is -2.15. The van der Waals surface area contributed by atoms with Crippen molar-refractivity contribution in [2.45, 2.75) is 32.8 Å². The van der Waals surface area contributed by atoms with E-state index in [1.54, 1.807) is 0 Å². The Morgan fingerprint density at radius 3 is 2.00 bits per heavy atom. The van der Waals surface area contributed by atoms with E-state index in [0.29, 0.717) is 22.4 Å². The van der Waals surface area contributed by atoms with Crippen molar-refractivity contribution in [3.63, 3.8) is 0 Å². The molecular weight excluding hydrogens is 242 g/mol. The average molecular weight is 257 g/mol. The van der Waals surface area contributed by atoms with Gasteiger partial charge in [-0.15, -0.1) is 0 Å². The third-order valence-electron chi connectivity index (χ3n) is 2.69. The lowest BCUT2D eigenvalue weighted by Crippen LogP contribution is -2.30. The third kappa shape index (κ3) is 3.23. The highest BCUT2D eigenvalue weighted by Gasteiger charge is 2.17. The largest absolute Gasteiger partial charge is 0.481 e. The Morgan fingerprint density at radius 1 is 1.21 bits per heavy atom. The van der Waals surface area contributed by atoms with Gasteiger partial charge in [0.25, 0.3) is 5.91 Å². The summed E-state index contributed by atoms with van der Waals surface area (Å²) in [5.41, 5.74) is 6.54. The number of carbonyl (C=O) groups is 1. The molecule has 0 aliphatic rings. The number of hydrogen-bond acceptors (Lipinski definition) is 4. The first-order chi connectivity index (χ1) is 8.90. The van der Waals surface area contributed by atoms with Gasteiger partial charge in [0.05, 0.1) is 23.3 Å². The second-order valence-corrected chi connectivity index (χ2v) is 4.47. The third-order valence-corrected chi connectivity index (χ3v) is 2.69. The summed E-state index contributed by atoms with van der Waals surface area (Å²) < 4.78 is 5.32. The highest BCUT2D eigenvalue weighted by molar-refractivity contribution is 5.78. The fourth-order valence-electron chi connectivity index (χ4n) is 1.76. The maximum absolute atomic E-state index is 11.0. The number of nitrogens with two attached hydrogens (primary N) is 1. The van der Waals surface area contributed by atoms with Crippen molar-refractivity contribution in [2.24, 2.45) is 5.73 Å². The molecule has 5 nitrogen and oxygen atoms in total. The molecular formula is C14H15N3O2. The van der Waals surface area contributed by atoms with E-state index in [1.807, 2.05) is 26.0 Å². The van der Waals surface area contributed by atoms with Crippen LogP contribution >= 0.6 is 0 Å². The molecule has 0 aliphatic carbocycles. The number of benzene rings is 1. The van der Waals surface area contributed by atoms with Crippen molar-refractivity contribution in [1.29, 1.82) is 10.5 Å². The smallest absolute Gasteiger partial charge is 0.258 e. The number of amides is 1. The van der Waals surface area contributed by atoms with Crippen LogP contribution in [0.25, 0.3) is 0 Å². The Kier molecular flexibility index (Phi) is 4.50. The summed E-state index contributed by atoms with van der Waals surface area (Å²) in [6.45, 7) is 5.32. The molecule has 0 heterocycles. The van der Waals surface area contributed by atoms with E-state index in [1.165, 1.54) is 19.1 Å². The Morgan fingerprint density at radius 2 is 1.68 bits per heavy atom. The predicted molar refractivity (Wildman–Crippen MR) is 69.2 cm³/mol. The first-order valence-electron chi connectivity index (χ1n) is 5.84. The normalized spacial score (nSPS) is 11.5. The average Bonchev–Trinajstić information content (AvgIpc) is 2.36. The lowest BCUT2D eigenvalue weighted by molar-refractivity contribution is -0.123. The van der Waals surface area contributed by atoms with Crippen LogP contribution in [0.5, 0.6) is 5.75 Å². The fourth-order valence-corrected chi connectivity index (χ4v) is 1.76. The Balaban J connectivity index is 3.30. The Bertz CT molecular complexity index is 544. The standard InChI is InChI=1S/C14H15N3O2/c1-8(2)13-10(6-15)4-12(5-11(13)7-16)19-9(3)14(17)18/h4-5,8-9H,1-3H3,(H2,17,18). The molecule has 1 atom stereocenters. The highest BCUT2D eigenvalue weighted by Crippen LogP contribution is 2.28. The van der Waals surface area contributed by atoms with E-state index in [9.17, 15) is 4.79 Å². The second kappa shape index (κ2) is 5.88. The summed E-state index contributed by atoms with van der Waals surface area (Å²) in [5, 5.41) is 18.3. The van der Waals surface area contributed by atoms with Crippen molar-refractivity contribution < 1.29 is 9.53 Å². The van der Waals surface area contributed by atoms with Gasteiger partial charge in [-0.1, -0.05) is 13.8 Å². The summed E-state index contributed by atoms with van der Waals surface area (Å²) in [4.78, 5) is 11.0. The quantitative estimate of drug-likeness (QED) is 0.888. The molecule has 0 radical (unpaired) electrons. The minimum Gasteiger partial charge on any atom is -0.481 e. The van der Waals surface area contributed by atoms with E-state index in [0.717, 1.165) is 0 Å². The van der Waals surface area contributed by atoms with E-state index < -0.39 is 12.0 Å². The minimum absolute atomic E-state index is 0.0481. The van der Waals surface area contributed by atoms with Crippen LogP contribution in [0.3, 0.4) is 0 Å². The number of carbonyl (C=O) groups excluding carboxylic acids is 1. The molecule has 19 heavy (non-hydrogen) atoms. The zero-order chi connectivity index (χ0) is 14.6. The minimum atomic E-state index is -0.817. The van der Waals surface area contributed by atoms with Gasteiger partial charge in [0, 0.05) is 0 Å². The van der Waals surface area contributed by atoms with Crippen LogP contribution < -0.4 is 10.5 Å². The molecule has 1 amide bonds. The molecule has 1 rings (SSSR count). The maximum Gasteiger partial charge on any atom is 0.258 e. The van der Waals surface area contributed by atoms with Crippen LogP contribution in [0.1, 0.15) is 43.4 Å². The monoisotopic (exact) mass is 257 g/mol. The van der Waals surface area contributed by atoms with E-state index in [-0.39, 0.29) is 5.92 Å².